The van der Waals surface area contributed by atoms with Gasteiger partial charge in [-0.25, -0.2) is 4.98 Å². The van der Waals surface area contributed by atoms with E-state index in [1.165, 1.54) is 49.7 Å². The van der Waals surface area contributed by atoms with E-state index in [0.29, 0.717) is 11.8 Å². The molecule has 0 saturated heterocycles. The maximum absolute atomic E-state index is 4.56. The first-order chi connectivity index (χ1) is 15.4. The van der Waals surface area contributed by atoms with Crippen LogP contribution in [0.1, 0.15) is 111 Å². The second-order valence-corrected chi connectivity index (χ2v) is 12.7. The van der Waals surface area contributed by atoms with Crippen LogP contribution in [0, 0.1) is 41.9 Å². The third kappa shape index (κ3) is 10.3. The van der Waals surface area contributed by atoms with Gasteiger partial charge in [-0.15, -0.1) is 17.9 Å². The van der Waals surface area contributed by atoms with E-state index < -0.39 is 0 Å². The van der Waals surface area contributed by atoms with Gasteiger partial charge in [-0.3, -0.25) is 0 Å². The number of allylic oxidation sites excluding steroid dienone is 3. The summed E-state index contributed by atoms with van der Waals surface area (Å²) < 4.78 is 0. The molecule has 5 atom stereocenters. The van der Waals surface area contributed by atoms with Crippen LogP contribution < -0.4 is 0 Å². The van der Waals surface area contributed by atoms with E-state index >= 15 is 0 Å². The highest BCUT2D eigenvalue weighted by Crippen LogP contribution is 2.41. The molecule has 188 valence electrons. The van der Waals surface area contributed by atoms with E-state index in [9.17, 15) is 0 Å². The molecule has 0 aromatic carbocycles. The van der Waals surface area contributed by atoms with E-state index in [4.69, 9.17) is 0 Å². The fourth-order valence-electron chi connectivity index (χ4n) is 4.94. The monoisotopic (exact) mass is 471 g/mol. The molecule has 0 aliphatic heterocycles. The van der Waals surface area contributed by atoms with Gasteiger partial charge in [-0.05, 0) is 80.6 Å². The van der Waals surface area contributed by atoms with Crippen molar-refractivity contribution in [2.24, 2.45) is 35.0 Å². The molecule has 33 heavy (non-hydrogen) atoms. The molecule has 1 nitrogen and oxygen atoms in total. The molecule has 1 rings (SSSR count). The van der Waals surface area contributed by atoms with Crippen molar-refractivity contribution in [3.8, 4) is 0 Å². The lowest BCUT2D eigenvalue weighted by Crippen LogP contribution is -2.27. The molecule has 0 aliphatic rings. The summed E-state index contributed by atoms with van der Waals surface area (Å²) in [7, 11) is 0. The van der Waals surface area contributed by atoms with Crippen molar-refractivity contribution in [3.63, 3.8) is 0 Å². The van der Waals surface area contributed by atoms with Crippen LogP contribution in [0.5, 0.6) is 0 Å². The second-order valence-electron chi connectivity index (χ2n) is 11.6. The highest BCUT2D eigenvalue weighted by Gasteiger charge is 2.31. The van der Waals surface area contributed by atoms with Crippen LogP contribution in [-0.2, 0) is 0 Å². The van der Waals surface area contributed by atoms with Crippen LogP contribution in [0.4, 0.5) is 0 Å². The summed E-state index contributed by atoms with van der Waals surface area (Å²) in [5.41, 5.74) is 4.16. The molecule has 1 aromatic rings. The molecular formula is C31H53NS. The van der Waals surface area contributed by atoms with Crippen molar-refractivity contribution in [2.75, 3.05) is 0 Å². The van der Waals surface area contributed by atoms with E-state index in [-0.39, 0.29) is 5.41 Å². The van der Waals surface area contributed by atoms with E-state index in [0.717, 1.165) is 34.9 Å². The number of hydrogen-bond donors (Lipinski definition) is 0. The van der Waals surface area contributed by atoms with E-state index in [2.05, 4.69) is 98.0 Å². The second kappa shape index (κ2) is 14.3. The van der Waals surface area contributed by atoms with Crippen LogP contribution in [0.3, 0.4) is 0 Å². The van der Waals surface area contributed by atoms with Gasteiger partial charge in [-0.2, -0.15) is 0 Å². The highest BCUT2D eigenvalue weighted by atomic mass is 32.1. The molecule has 0 N–H and O–H groups in total. The fourth-order valence-corrected chi connectivity index (χ4v) is 5.51. The number of thiazole rings is 1. The van der Waals surface area contributed by atoms with Gasteiger partial charge in [-0.1, -0.05) is 91.5 Å². The number of aromatic nitrogens is 1. The van der Waals surface area contributed by atoms with Crippen molar-refractivity contribution >= 4 is 17.4 Å². The minimum absolute atomic E-state index is 0.169. The maximum Gasteiger partial charge on any atom is 0.0901 e. The Balaban J connectivity index is 2.37. The SMILES string of the molecule is C=CCC(C)C(C)(C)C(=C)C(C)CC(C)CCCC(C)C(C)CC/C(C)=C/c1csc(C)n1. The van der Waals surface area contributed by atoms with Crippen LogP contribution in [0.25, 0.3) is 6.08 Å². The molecule has 2 heteroatoms. The smallest absolute Gasteiger partial charge is 0.0901 e. The standard InChI is InChI=1S/C31H53NS/c1-12-14-27(7)31(10,11)28(8)26(6)19-22(2)15-13-16-24(4)25(5)18-17-23(3)20-30-21-33-29(9)32-30/h12,20-22,24-27H,1,8,13-19H2,2-7,9-11H3/b23-20+. The van der Waals surface area contributed by atoms with Gasteiger partial charge < -0.3 is 0 Å². The Morgan fingerprint density at radius 2 is 1.73 bits per heavy atom. The van der Waals surface area contributed by atoms with Crippen molar-refractivity contribution in [1.29, 1.82) is 0 Å². The van der Waals surface area contributed by atoms with E-state index in [1.54, 1.807) is 11.3 Å². The maximum atomic E-state index is 4.56. The molecule has 0 radical (unpaired) electrons. The molecule has 1 aromatic heterocycles. The normalized spacial score (nSPS) is 17.3. The summed E-state index contributed by atoms with van der Waals surface area (Å²) >= 11 is 1.73. The lowest BCUT2D eigenvalue weighted by atomic mass is 9.68. The predicted molar refractivity (Wildman–Crippen MR) is 152 cm³/mol. The van der Waals surface area contributed by atoms with Crippen LogP contribution in [0.2, 0.25) is 0 Å². The molecule has 1 heterocycles. The Labute approximate surface area is 210 Å². The lowest BCUT2D eigenvalue weighted by Gasteiger charge is -2.37. The molecule has 0 saturated carbocycles. The fraction of sp³-hybridized carbons (Fsp3) is 0.710. The molecule has 5 unspecified atom stereocenters. The van der Waals surface area contributed by atoms with Gasteiger partial charge in [0, 0.05) is 5.38 Å². The first-order valence-corrected chi connectivity index (χ1v) is 14.2. The van der Waals surface area contributed by atoms with Gasteiger partial charge in [0.2, 0.25) is 0 Å². The quantitative estimate of drug-likeness (QED) is 0.218. The van der Waals surface area contributed by atoms with Crippen LogP contribution in [0.15, 0.2) is 35.8 Å². The average molecular weight is 472 g/mol. The Morgan fingerprint density at radius 1 is 1.09 bits per heavy atom. The average Bonchev–Trinajstić information content (AvgIpc) is 3.15. The minimum Gasteiger partial charge on any atom is -0.242 e. The van der Waals surface area contributed by atoms with Crippen LogP contribution in [-0.4, -0.2) is 4.98 Å². The van der Waals surface area contributed by atoms with Crippen LogP contribution >= 0.6 is 11.3 Å². The predicted octanol–water partition coefficient (Wildman–Crippen LogP) is 10.5. The van der Waals surface area contributed by atoms with Crippen molar-refractivity contribution in [3.05, 3.63) is 46.5 Å². The molecule has 0 bridgehead atoms. The first-order valence-electron chi connectivity index (χ1n) is 13.3. The Morgan fingerprint density at radius 3 is 2.30 bits per heavy atom. The van der Waals surface area contributed by atoms with Gasteiger partial charge in [0.05, 0.1) is 10.7 Å². The van der Waals surface area contributed by atoms with Gasteiger partial charge >= 0.3 is 0 Å². The summed E-state index contributed by atoms with van der Waals surface area (Å²) in [6.07, 6.45) is 13.1. The molecule has 0 spiro atoms. The zero-order valence-corrected chi connectivity index (χ0v) is 24.2. The number of hydrogen-bond acceptors (Lipinski definition) is 2. The first kappa shape index (κ1) is 29.9. The molecule has 0 fully saturated rings. The zero-order valence-electron chi connectivity index (χ0n) is 23.3. The van der Waals surface area contributed by atoms with Gasteiger partial charge in [0.1, 0.15) is 0 Å². The third-order valence-corrected chi connectivity index (χ3v) is 9.08. The minimum atomic E-state index is 0.169. The summed E-state index contributed by atoms with van der Waals surface area (Å²) in [5.74, 6) is 3.49. The summed E-state index contributed by atoms with van der Waals surface area (Å²) in [6, 6.07) is 0. The van der Waals surface area contributed by atoms with Gasteiger partial charge in [0.25, 0.3) is 0 Å². The van der Waals surface area contributed by atoms with Crippen molar-refractivity contribution in [2.45, 2.75) is 107 Å². The summed E-state index contributed by atoms with van der Waals surface area (Å²) in [5, 5.41) is 3.31. The van der Waals surface area contributed by atoms with Gasteiger partial charge in [0.15, 0.2) is 0 Å². The Hall–Kier alpha value is -1.15. The van der Waals surface area contributed by atoms with Crippen molar-refractivity contribution < 1.29 is 0 Å². The number of nitrogens with zero attached hydrogens (tertiary/aromatic N) is 1. The topological polar surface area (TPSA) is 12.9 Å². The van der Waals surface area contributed by atoms with E-state index in [1.807, 2.05) is 0 Å². The number of rotatable bonds is 16. The third-order valence-electron chi connectivity index (χ3n) is 8.28. The highest BCUT2D eigenvalue weighted by molar-refractivity contribution is 7.09. The van der Waals surface area contributed by atoms with Crippen molar-refractivity contribution in [1.82, 2.24) is 4.98 Å². The summed E-state index contributed by atoms with van der Waals surface area (Å²) in [4.78, 5) is 4.56. The zero-order chi connectivity index (χ0) is 25.2. The summed E-state index contributed by atoms with van der Waals surface area (Å²) in [6.45, 7) is 29.6. The Bertz CT molecular complexity index is 753. The molecular weight excluding hydrogens is 418 g/mol. The Kier molecular flexibility index (Phi) is 12.9. The largest absolute Gasteiger partial charge is 0.242 e. The number of aryl methyl sites for hydroxylation is 1. The lowest BCUT2D eigenvalue weighted by molar-refractivity contribution is 0.251. The molecule has 0 amide bonds. The molecule has 0 aliphatic carbocycles.